The predicted molar refractivity (Wildman–Crippen MR) is 82.8 cm³/mol. The van der Waals surface area contributed by atoms with Gasteiger partial charge in [0.05, 0.1) is 4.90 Å². The van der Waals surface area contributed by atoms with Crippen molar-refractivity contribution < 1.29 is 12.8 Å². The van der Waals surface area contributed by atoms with Gasteiger partial charge in [-0.15, -0.1) is 0 Å². The SMILES string of the molecule is CS(=O)(=O)c1ccc(Sc2cc(F)cc(CCN)c2)cc1. The van der Waals surface area contributed by atoms with Gasteiger partial charge in [-0.2, -0.15) is 0 Å². The van der Waals surface area contributed by atoms with Crippen LogP contribution in [0.25, 0.3) is 0 Å². The highest BCUT2D eigenvalue weighted by Gasteiger charge is 2.07. The van der Waals surface area contributed by atoms with E-state index in [2.05, 4.69) is 0 Å². The highest BCUT2D eigenvalue weighted by molar-refractivity contribution is 7.99. The van der Waals surface area contributed by atoms with E-state index in [1.807, 2.05) is 6.07 Å². The van der Waals surface area contributed by atoms with Crippen molar-refractivity contribution in [3.63, 3.8) is 0 Å². The van der Waals surface area contributed by atoms with Gasteiger partial charge >= 0.3 is 0 Å². The minimum atomic E-state index is -3.20. The normalized spacial score (nSPS) is 11.6. The van der Waals surface area contributed by atoms with Gasteiger partial charge in [-0.1, -0.05) is 11.8 Å². The monoisotopic (exact) mass is 325 g/mol. The Labute approximate surface area is 128 Å². The summed E-state index contributed by atoms with van der Waals surface area (Å²) < 4.78 is 36.3. The molecule has 2 N–H and O–H groups in total. The van der Waals surface area contributed by atoms with Gasteiger partial charge in [-0.3, -0.25) is 0 Å². The molecule has 0 bridgehead atoms. The fourth-order valence-electron chi connectivity index (χ4n) is 1.88. The molecule has 0 saturated heterocycles. The van der Waals surface area contributed by atoms with E-state index in [4.69, 9.17) is 5.73 Å². The highest BCUT2D eigenvalue weighted by atomic mass is 32.2. The average Bonchev–Trinajstić information content (AvgIpc) is 2.38. The summed E-state index contributed by atoms with van der Waals surface area (Å²) in [6, 6.07) is 11.4. The van der Waals surface area contributed by atoms with Gasteiger partial charge in [-0.05, 0) is 61.0 Å². The van der Waals surface area contributed by atoms with E-state index in [0.29, 0.717) is 13.0 Å². The number of hydrogen-bond donors (Lipinski definition) is 1. The van der Waals surface area contributed by atoms with Crippen molar-refractivity contribution in [2.24, 2.45) is 5.73 Å². The van der Waals surface area contributed by atoms with Crippen LogP contribution in [0.1, 0.15) is 5.56 Å². The number of rotatable bonds is 5. The van der Waals surface area contributed by atoms with E-state index in [-0.39, 0.29) is 10.7 Å². The lowest BCUT2D eigenvalue weighted by Crippen LogP contribution is -2.03. The molecule has 2 rings (SSSR count). The fraction of sp³-hybridized carbons (Fsp3) is 0.200. The molecule has 2 aromatic carbocycles. The lowest BCUT2D eigenvalue weighted by atomic mass is 10.1. The Morgan fingerprint density at radius 3 is 2.33 bits per heavy atom. The van der Waals surface area contributed by atoms with E-state index in [1.54, 1.807) is 24.3 Å². The summed E-state index contributed by atoms with van der Waals surface area (Å²) in [5.74, 6) is -0.295. The molecule has 0 amide bonds. The fourth-order valence-corrected chi connectivity index (χ4v) is 3.44. The summed E-state index contributed by atoms with van der Waals surface area (Å²) in [5, 5.41) is 0. The molecular weight excluding hydrogens is 309 g/mol. The Bertz CT molecular complexity index is 728. The van der Waals surface area contributed by atoms with Crippen LogP contribution in [0.4, 0.5) is 4.39 Å². The lowest BCUT2D eigenvalue weighted by Gasteiger charge is -2.06. The molecule has 112 valence electrons. The molecule has 0 aromatic heterocycles. The summed E-state index contributed by atoms with van der Waals surface area (Å²) in [6.07, 6.45) is 1.79. The van der Waals surface area contributed by atoms with Crippen molar-refractivity contribution in [1.82, 2.24) is 0 Å². The molecule has 0 aliphatic heterocycles. The molecule has 0 radical (unpaired) electrons. The maximum absolute atomic E-state index is 13.5. The van der Waals surface area contributed by atoms with Crippen LogP contribution < -0.4 is 5.73 Å². The van der Waals surface area contributed by atoms with Crippen LogP contribution in [-0.2, 0) is 16.3 Å². The van der Waals surface area contributed by atoms with E-state index < -0.39 is 9.84 Å². The first kappa shape index (κ1) is 16.0. The summed E-state index contributed by atoms with van der Waals surface area (Å²) in [5.41, 5.74) is 6.34. The Hall–Kier alpha value is -1.37. The molecule has 2 aromatic rings. The second-order valence-corrected chi connectivity index (χ2v) is 7.84. The Morgan fingerprint density at radius 2 is 1.76 bits per heavy atom. The molecule has 6 heteroatoms. The topological polar surface area (TPSA) is 60.2 Å². The van der Waals surface area contributed by atoms with Gasteiger partial charge in [0, 0.05) is 16.0 Å². The zero-order valence-electron chi connectivity index (χ0n) is 11.5. The number of sulfone groups is 1. The predicted octanol–water partition coefficient (Wildman–Crippen LogP) is 2.88. The van der Waals surface area contributed by atoms with Crippen molar-refractivity contribution in [2.75, 3.05) is 12.8 Å². The first-order chi connectivity index (χ1) is 9.88. The number of halogens is 1. The minimum absolute atomic E-state index is 0.273. The number of hydrogen-bond acceptors (Lipinski definition) is 4. The first-order valence-corrected chi connectivity index (χ1v) is 9.07. The molecule has 21 heavy (non-hydrogen) atoms. The third-order valence-corrected chi connectivity index (χ3v) is 4.96. The zero-order valence-corrected chi connectivity index (χ0v) is 13.2. The second kappa shape index (κ2) is 6.60. The summed E-state index contributed by atoms with van der Waals surface area (Å²) >= 11 is 1.39. The number of nitrogens with two attached hydrogens (primary N) is 1. The van der Waals surface area contributed by atoms with Crippen LogP contribution in [-0.4, -0.2) is 21.2 Å². The van der Waals surface area contributed by atoms with Crippen molar-refractivity contribution in [3.05, 3.63) is 53.8 Å². The van der Waals surface area contributed by atoms with Crippen LogP contribution in [0, 0.1) is 5.82 Å². The van der Waals surface area contributed by atoms with Crippen LogP contribution in [0.5, 0.6) is 0 Å². The third-order valence-electron chi connectivity index (χ3n) is 2.85. The van der Waals surface area contributed by atoms with Gasteiger partial charge in [-0.25, -0.2) is 12.8 Å². The molecule has 3 nitrogen and oxygen atoms in total. The van der Waals surface area contributed by atoms with Crippen LogP contribution >= 0.6 is 11.8 Å². The molecule has 0 spiro atoms. The van der Waals surface area contributed by atoms with Gasteiger partial charge in [0.25, 0.3) is 0 Å². The second-order valence-electron chi connectivity index (χ2n) is 4.68. The van der Waals surface area contributed by atoms with Crippen molar-refractivity contribution in [3.8, 4) is 0 Å². The summed E-state index contributed by atoms with van der Waals surface area (Å²) in [4.78, 5) is 1.90. The van der Waals surface area contributed by atoms with Crippen molar-refractivity contribution in [2.45, 2.75) is 21.1 Å². The molecule has 0 atom stereocenters. The zero-order chi connectivity index (χ0) is 15.5. The summed E-state index contributed by atoms with van der Waals surface area (Å²) in [7, 11) is -3.20. The molecule has 0 saturated carbocycles. The van der Waals surface area contributed by atoms with E-state index in [9.17, 15) is 12.8 Å². The maximum atomic E-state index is 13.5. The Morgan fingerprint density at radius 1 is 1.10 bits per heavy atom. The molecule has 0 unspecified atom stereocenters. The van der Waals surface area contributed by atoms with Crippen LogP contribution in [0.15, 0.2) is 57.2 Å². The minimum Gasteiger partial charge on any atom is -0.330 e. The van der Waals surface area contributed by atoms with E-state index >= 15 is 0 Å². The van der Waals surface area contributed by atoms with Crippen LogP contribution in [0.3, 0.4) is 0 Å². The van der Waals surface area contributed by atoms with Gasteiger partial charge in [0.2, 0.25) is 0 Å². The first-order valence-electron chi connectivity index (χ1n) is 6.36. The smallest absolute Gasteiger partial charge is 0.175 e. The Balaban J connectivity index is 2.22. The lowest BCUT2D eigenvalue weighted by molar-refractivity contribution is 0.602. The Kier molecular flexibility index (Phi) is 5.03. The van der Waals surface area contributed by atoms with Crippen LogP contribution in [0.2, 0.25) is 0 Å². The molecular formula is C15H16FNO2S2. The molecule has 0 aliphatic carbocycles. The van der Waals surface area contributed by atoms with Gasteiger partial charge in [0.15, 0.2) is 9.84 Å². The van der Waals surface area contributed by atoms with E-state index in [0.717, 1.165) is 15.4 Å². The van der Waals surface area contributed by atoms with Crippen molar-refractivity contribution in [1.29, 1.82) is 0 Å². The molecule has 0 fully saturated rings. The van der Waals surface area contributed by atoms with Gasteiger partial charge < -0.3 is 5.73 Å². The number of benzene rings is 2. The standard InChI is InChI=1S/C15H16FNO2S2/c1-21(18,19)15-4-2-13(3-5-15)20-14-9-11(6-7-17)8-12(16)10-14/h2-5,8-10H,6-7,17H2,1H3. The summed E-state index contributed by atoms with van der Waals surface area (Å²) in [6.45, 7) is 0.469. The highest BCUT2D eigenvalue weighted by Crippen LogP contribution is 2.29. The van der Waals surface area contributed by atoms with Crippen molar-refractivity contribution >= 4 is 21.6 Å². The quantitative estimate of drug-likeness (QED) is 0.918. The van der Waals surface area contributed by atoms with E-state index in [1.165, 1.54) is 30.2 Å². The third kappa shape index (κ3) is 4.56. The van der Waals surface area contributed by atoms with Gasteiger partial charge in [0.1, 0.15) is 5.82 Å². The average molecular weight is 325 g/mol. The largest absolute Gasteiger partial charge is 0.330 e. The molecule has 0 aliphatic rings. The maximum Gasteiger partial charge on any atom is 0.175 e. The molecule has 0 heterocycles.